The number of hydrogen-bond acceptors (Lipinski definition) is 7. The van der Waals surface area contributed by atoms with Gasteiger partial charge in [0.1, 0.15) is 23.5 Å². The van der Waals surface area contributed by atoms with Crippen molar-refractivity contribution in [3.8, 4) is 17.2 Å². The SMILES string of the molecule is CN(C)C/C=C/C(=O)N1CCN(c2nc(=O)n3c4c(c(-c5ccc(F)cc5F)c(Cl)cc24)SCC3)C[C@H]1C#N. The van der Waals surface area contributed by atoms with Crippen molar-refractivity contribution >= 4 is 46.0 Å². The maximum Gasteiger partial charge on any atom is 0.350 e. The van der Waals surface area contributed by atoms with Gasteiger partial charge >= 0.3 is 5.69 Å². The molecule has 1 amide bonds. The Hall–Kier alpha value is -3.46. The lowest BCUT2D eigenvalue weighted by atomic mass is 10.0. The van der Waals surface area contributed by atoms with Crippen LogP contribution in [0, 0.1) is 23.0 Å². The molecule has 0 radical (unpaired) electrons. The molecule has 2 aromatic carbocycles. The summed E-state index contributed by atoms with van der Waals surface area (Å²) in [5.41, 5.74) is 0.643. The van der Waals surface area contributed by atoms with Crippen molar-refractivity contribution in [3.63, 3.8) is 0 Å². The van der Waals surface area contributed by atoms with E-state index in [1.165, 1.54) is 34.9 Å². The second-order valence-corrected chi connectivity index (χ2v) is 11.1. The highest BCUT2D eigenvalue weighted by Crippen LogP contribution is 2.46. The fourth-order valence-corrected chi connectivity index (χ4v) is 6.50. The van der Waals surface area contributed by atoms with Crippen molar-refractivity contribution in [2.24, 2.45) is 0 Å². The van der Waals surface area contributed by atoms with Crippen molar-refractivity contribution in [3.05, 3.63) is 63.6 Å². The number of aryl methyl sites for hydroxylation is 1. The Morgan fingerprint density at radius 1 is 1.28 bits per heavy atom. The summed E-state index contributed by atoms with van der Waals surface area (Å²) < 4.78 is 30.0. The third kappa shape index (κ3) is 5.12. The molecule has 1 saturated heterocycles. The highest BCUT2D eigenvalue weighted by Gasteiger charge is 2.33. The highest BCUT2D eigenvalue weighted by molar-refractivity contribution is 7.99. The topological polar surface area (TPSA) is 85.5 Å². The molecular weight excluding hydrogens is 546 g/mol. The fraction of sp³-hybridized carbons (Fsp3) is 0.333. The van der Waals surface area contributed by atoms with Gasteiger partial charge in [0.05, 0.1) is 23.2 Å². The molecule has 39 heavy (non-hydrogen) atoms. The van der Waals surface area contributed by atoms with Crippen LogP contribution < -0.4 is 10.6 Å². The van der Waals surface area contributed by atoms with E-state index in [0.29, 0.717) is 52.6 Å². The smallest absolute Gasteiger partial charge is 0.350 e. The normalized spacial score (nSPS) is 17.3. The monoisotopic (exact) mass is 570 g/mol. The minimum Gasteiger partial charge on any atom is -0.351 e. The van der Waals surface area contributed by atoms with E-state index in [4.69, 9.17) is 11.6 Å². The summed E-state index contributed by atoms with van der Waals surface area (Å²) in [5, 5.41) is 10.7. The molecule has 0 bridgehead atoms. The lowest BCUT2D eigenvalue weighted by Crippen LogP contribution is -2.55. The zero-order valence-electron chi connectivity index (χ0n) is 21.3. The molecule has 8 nitrogen and oxygen atoms in total. The maximum atomic E-state index is 14.8. The third-order valence-electron chi connectivity index (χ3n) is 6.76. The standard InChI is InChI=1S/C27H25ClF2N6O2S/c1-33(2)7-3-4-22(37)35-9-8-34(15-17(35)14-31)26-19-13-20(28)23(18-6-5-16(29)12-21(18)30)25-24(19)36(10-11-39-25)27(38)32-26/h3-6,12-13,17H,7-11,15H2,1-2H3/b4-3+/t17-/m1/s1. The van der Waals surface area contributed by atoms with Gasteiger partial charge in [-0.2, -0.15) is 10.2 Å². The first-order valence-electron chi connectivity index (χ1n) is 12.3. The van der Waals surface area contributed by atoms with Gasteiger partial charge < -0.3 is 14.7 Å². The van der Waals surface area contributed by atoms with Gasteiger partial charge in [-0.15, -0.1) is 11.8 Å². The molecule has 0 N–H and O–H groups in total. The van der Waals surface area contributed by atoms with Crippen molar-refractivity contribution in [1.82, 2.24) is 19.4 Å². The van der Waals surface area contributed by atoms with Crippen molar-refractivity contribution in [2.45, 2.75) is 17.5 Å². The molecule has 3 aromatic rings. The summed E-state index contributed by atoms with van der Waals surface area (Å²) in [5.74, 6) is -0.788. The van der Waals surface area contributed by atoms with Gasteiger partial charge in [-0.1, -0.05) is 17.7 Å². The van der Waals surface area contributed by atoms with Crippen LogP contribution in [-0.4, -0.2) is 77.3 Å². The number of hydrogen-bond donors (Lipinski definition) is 0. The lowest BCUT2D eigenvalue weighted by molar-refractivity contribution is -0.127. The molecule has 5 rings (SSSR count). The number of halogens is 3. The van der Waals surface area contributed by atoms with Gasteiger partial charge in [0.2, 0.25) is 5.91 Å². The van der Waals surface area contributed by atoms with Crippen LogP contribution in [0.15, 0.2) is 46.1 Å². The summed E-state index contributed by atoms with van der Waals surface area (Å²) in [6.45, 7) is 1.79. The van der Waals surface area contributed by atoms with E-state index in [9.17, 15) is 23.6 Å². The van der Waals surface area contributed by atoms with Crippen LogP contribution in [0.3, 0.4) is 0 Å². The molecular formula is C27H25ClF2N6O2S. The molecule has 1 fully saturated rings. The Labute approximate surface area is 233 Å². The summed E-state index contributed by atoms with van der Waals surface area (Å²) in [4.78, 5) is 36.2. The number of aromatic nitrogens is 2. The first kappa shape index (κ1) is 27.1. The average molecular weight is 571 g/mol. The van der Waals surface area contributed by atoms with E-state index in [-0.39, 0.29) is 29.6 Å². The fourth-order valence-electron chi connectivity index (χ4n) is 4.94. The van der Waals surface area contributed by atoms with E-state index in [2.05, 4.69) is 11.1 Å². The number of benzene rings is 2. The van der Waals surface area contributed by atoms with Crippen LogP contribution in [-0.2, 0) is 11.3 Å². The Morgan fingerprint density at radius 3 is 2.79 bits per heavy atom. The Kier molecular flexibility index (Phi) is 7.62. The first-order chi connectivity index (χ1) is 18.7. The lowest BCUT2D eigenvalue weighted by Gasteiger charge is -2.39. The zero-order chi connectivity index (χ0) is 27.8. The molecule has 0 unspecified atom stereocenters. The minimum absolute atomic E-state index is 0.143. The average Bonchev–Trinajstić information content (AvgIpc) is 2.90. The second kappa shape index (κ2) is 11.0. The quantitative estimate of drug-likeness (QED) is 0.432. The summed E-state index contributed by atoms with van der Waals surface area (Å²) in [6.07, 6.45) is 3.22. The molecule has 0 spiro atoms. The van der Waals surface area contributed by atoms with Crippen molar-refractivity contribution in [1.29, 1.82) is 5.26 Å². The van der Waals surface area contributed by atoms with Crippen LogP contribution in [0.1, 0.15) is 0 Å². The molecule has 202 valence electrons. The predicted molar refractivity (Wildman–Crippen MR) is 148 cm³/mol. The van der Waals surface area contributed by atoms with Gasteiger partial charge in [0.25, 0.3) is 0 Å². The molecule has 0 saturated carbocycles. The number of nitrogens with zero attached hydrogens (tertiary/aromatic N) is 6. The maximum absolute atomic E-state index is 14.8. The predicted octanol–water partition coefficient (Wildman–Crippen LogP) is 3.76. The molecule has 0 aliphatic carbocycles. The van der Waals surface area contributed by atoms with Crippen LogP contribution in [0.2, 0.25) is 5.02 Å². The first-order valence-corrected chi connectivity index (χ1v) is 13.7. The van der Waals surface area contributed by atoms with Crippen LogP contribution in [0.5, 0.6) is 0 Å². The largest absolute Gasteiger partial charge is 0.351 e. The molecule has 2 aliphatic rings. The second-order valence-electron chi connectivity index (χ2n) is 9.59. The van der Waals surface area contributed by atoms with Gasteiger partial charge in [0, 0.05) is 65.5 Å². The van der Waals surface area contributed by atoms with E-state index in [1.54, 1.807) is 16.7 Å². The van der Waals surface area contributed by atoms with Crippen LogP contribution in [0.4, 0.5) is 14.6 Å². The number of amides is 1. The van der Waals surface area contributed by atoms with Gasteiger partial charge in [-0.3, -0.25) is 9.36 Å². The number of nitriles is 1. The van der Waals surface area contributed by atoms with Crippen LogP contribution >= 0.6 is 23.4 Å². The zero-order valence-corrected chi connectivity index (χ0v) is 22.9. The molecule has 1 atom stereocenters. The number of rotatable bonds is 5. The minimum atomic E-state index is -0.751. The number of anilines is 1. The number of carbonyl (C=O) groups excluding carboxylic acids is 1. The molecule has 3 heterocycles. The number of thioether (sulfide) groups is 1. The van der Waals surface area contributed by atoms with Gasteiger partial charge in [0.15, 0.2) is 0 Å². The van der Waals surface area contributed by atoms with Gasteiger partial charge in [-0.25, -0.2) is 13.6 Å². The van der Waals surface area contributed by atoms with Crippen molar-refractivity contribution < 1.29 is 13.6 Å². The van der Waals surface area contributed by atoms with E-state index in [0.717, 1.165) is 6.07 Å². The van der Waals surface area contributed by atoms with Crippen molar-refractivity contribution in [2.75, 3.05) is 50.9 Å². The summed E-state index contributed by atoms with van der Waals surface area (Å²) in [6, 6.07) is 6.41. The number of likely N-dealkylation sites (N-methyl/N-ethyl adjacent to an activating group) is 1. The molecule has 12 heteroatoms. The molecule has 2 aliphatic heterocycles. The summed E-state index contributed by atoms with van der Waals surface area (Å²) in [7, 11) is 3.79. The van der Waals surface area contributed by atoms with E-state index < -0.39 is 23.4 Å². The van der Waals surface area contributed by atoms with Crippen LogP contribution in [0.25, 0.3) is 22.0 Å². The Balaban J connectivity index is 1.57. The third-order valence-corrected chi connectivity index (χ3v) is 8.13. The van der Waals surface area contributed by atoms with Gasteiger partial charge in [-0.05, 0) is 32.3 Å². The number of carbonyl (C=O) groups is 1. The molecule has 1 aromatic heterocycles. The Bertz CT molecular complexity index is 1600. The Morgan fingerprint density at radius 2 is 2.08 bits per heavy atom. The van der Waals surface area contributed by atoms with E-state index >= 15 is 0 Å². The highest BCUT2D eigenvalue weighted by atomic mass is 35.5. The number of piperazine rings is 1. The summed E-state index contributed by atoms with van der Waals surface area (Å²) >= 11 is 8.17. The van der Waals surface area contributed by atoms with E-state index in [1.807, 2.05) is 23.9 Å².